The number of nitrogens with one attached hydrogen (secondary N) is 1. The predicted molar refractivity (Wildman–Crippen MR) is 177 cm³/mol. The first-order valence-corrected chi connectivity index (χ1v) is 17.2. The second kappa shape index (κ2) is 11.3. The minimum Gasteiger partial charge on any atom is -0.475 e. The lowest BCUT2D eigenvalue weighted by atomic mass is 9.93. The molecule has 4 fully saturated rings. The first-order chi connectivity index (χ1) is 22.9. The van der Waals surface area contributed by atoms with Crippen LogP contribution in [0.4, 0.5) is 10.2 Å². The van der Waals surface area contributed by atoms with E-state index in [1.807, 2.05) is 24.4 Å². The lowest BCUT2D eigenvalue weighted by Gasteiger charge is -2.31. The van der Waals surface area contributed by atoms with Crippen LogP contribution in [0.1, 0.15) is 56.9 Å². The third kappa shape index (κ3) is 4.96. The van der Waals surface area contributed by atoms with E-state index < -0.39 is 11.9 Å². The number of ether oxygens (including phenoxy) is 3. The molecule has 3 aromatic heterocycles. The number of pyridine rings is 1. The SMILES string of the molecule is CC(O)/C=C1/CN2CCC[C@@]2(COc2nc3c4c(nc(-c5c(C6CC6)c(Cl)cc6[nH]ccc56)c(F)c4n2)OC[C@@H]2COCCCN32)C1. The molecule has 10 nitrogen and oxygen atoms in total. The number of rotatable bonds is 6. The van der Waals surface area contributed by atoms with Crippen molar-refractivity contribution in [1.29, 1.82) is 0 Å². The zero-order valence-corrected chi connectivity index (χ0v) is 27.2. The topological polar surface area (TPSA) is 109 Å². The molecule has 3 saturated heterocycles. The van der Waals surface area contributed by atoms with Crippen LogP contribution in [0.25, 0.3) is 33.1 Å². The Morgan fingerprint density at radius 3 is 2.98 bits per heavy atom. The van der Waals surface area contributed by atoms with Crippen LogP contribution in [0.2, 0.25) is 5.02 Å². The Balaban J connectivity index is 1.20. The van der Waals surface area contributed by atoms with E-state index in [2.05, 4.69) is 14.8 Å². The Morgan fingerprint density at radius 2 is 2.13 bits per heavy atom. The Kier molecular flexibility index (Phi) is 7.11. The summed E-state index contributed by atoms with van der Waals surface area (Å²) in [5, 5.41) is 11.9. The molecule has 5 aliphatic rings. The van der Waals surface area contributed by atoms with Crippen LogP contribution < -0.4 is 14.4 Å². The van der Waals surface area contributed by atoms with Crippen molar-refractivity contribution in [3.63, 3.8) is 0 Å². The van der Waals surface area contributed by atoms with Crippen molar-refractivity contribution < 1.29 is 23.7 Å². The van der Waals surface area contributed by atoms with E-state index in [9.17, 15) is 5.11 Å². The fraction of sp³-hybridized carbons (Fsp3) is 0.514. The van der Waals surface area contributed by atoms with Gasteiger partial charge in [0.25, 0.3) is 0 Å². The molecule has 2 N–H and O–H groups in total. The van der Waals surface area contributed by atoms with Crippen molar-refractivity contribution in [2.24, 2.45) is 0 Å². The summed E-state index contributed by atoms with van der Waals surface area (Å²) in [6, 6.07) is 3.88. The largest absolute Gasteiger partial charge is 0.475 e. The zero-order chi connectivity index (χ0) is 31.9. The Labute approximate surface area is 276 Å². The highest BCUT2D eigenvalue weighted by atomic mass is 35.5. The number of halogens is 2. The number of aliphatic hydroxyl groups excluding tert-OH is 1. The smallest absolute Gasteiger partial charge is 0.319 e. The lowest BCUT2D eigenvalue weighted by Crippen LogP contribution is -2.43. The molecule has 0 bridgehead atoms. The number of hydrogen-bond acceptors (Lipinski definition) is 9. The van der Waals surface area contributed by atoms with Crippen LogP contribution in [0.15, 0.2) is 30.0 Å². The number of H-pyrrole nitrogens is 1. The molecule has 7 heterocycles. The van der Waals surface area contributed by atoms with E-state index >= 15 is 4.39 Å². The van der Waals surface area contributed by atoms with Gasteiger partial charge in [0.15, 0.2) is 5.82 Å². The molecule has 4 aliphatic heterocycles. The third-order valence-electron chi connectivity index (χ3n) is 10.5. The molecule has 246 valence electrons. The molecule has 3 atom stereocenters. The number of aliphatic hydroxyl groups is 1. The molecule has 0 amide bonds. The summed E-state index contributed by atoms with van der Waals surface area (Å²) < 4.78 is 36.1. The molecule has 0 radical (unpaired) electrons. The first kappa shape index (κ1) is 29.6. The molecule has 1 unspecified atom stereocenters. The average Bonchev–Trinajstić information content (AvgIpc) is 3.64. The van der Waals surface area contributed by atoms with E-state index in [4.69, 9.17) is 40.8 Å². The number of aromatic amines is 1. The van der Waals surface area contributed by atoms with Crippen molar-refractivity contribution in [2.45, 2.75) is 69.1 Å². The second-order valence-electron chi connectivity index (χ2n) is 13.9. The van der Waals surface area contributed by atoms with Crippen molar-refractivity contribution >= 4 is 39.2 Å². The Bertz CT molecular complexity index is 1930. The normalized spacial score (nSPS) is 25.9. The van der Waals surface area contributed by atoms with Gasteiger partial charge in [-0.3, -0.25) is 4.90 Å². The minimum absolute atomic E-state index is 0.124. The van der Waals surface area contributed by atoms with Crippen LogP contribution in [0.5, 0.6) is 11.9 Å². The van der Waals surface area contributed by atoms with Crippen molar-refractivity contribution in [1.82, 2.24) is 24.8 Å². The monoisotopic (exact) mass is 660 g/mol. The van der Waals surface area contributed by atoms with Crippen LogP contribution in [0.3, 0.4) is 0 Å². The summed E-state index contributed by atoms with van der Waals surface area (Å²) in [6.07, 6.45) is 8.95. The molecule has 1 aromatic carbocycles. The van der Waals surface area contributed by atoms with Crippen molar-refractivity contribution in [2.75, 3.05) is 51.0 Å². The third-order valence-corrected chi connectivity index (χ3v) is 10.9. The molecule has 0 spiro atoms. The summed E-state index contributed by atoms with van der Waals surface area (Å²) in [5.41, 5.74) is 3.74. The highest BCUT2D eigenvalue weighted by molar-refractivity contribution is 6.33. The van der Waals surface area contributed by atoms with Crippen molar-refractivity contribution in [3.8, 4) is 23.1 Å². The van der Waals surface area contributed by atoms with Crippen LogP contribution in [-0.2, 0) is 4.74 Å². The van der Waals surface area contributed by atoms with Gasteiger partial charge in [-0.15, -0.1) is 0 Å². The number of hydrogen-bond donors (Lipinski definition) is 2. The highest BCUT2D eigenvalue weighted by Gasteiger charge is 2.47. The molecule has 1 saturated carbocycles. The molecule has 12 heteroatoms. The van der Waals surface area contributed by atoms with Gasteiger partial charge in [0.2, 0.25) is 5.88 Å². The van der Waals surface area contributed by atoms with Gasteiger partial charge in [-0.05, 0) is 75.6 Å². The summed E-state index contributed by atoms with van der Waals surface area (Å²) in [5.74, 6) is 0.575. The number of fused-ring (bicyclic) bond motifs is 4. The van der Waals surface area contributed by atoms with Gasteiger partial charge in [0, 0.05) is 47.4 Å². The second-order valence-corrected chi connectivity index (χ2v) is 14.3. The van der Waals surface area contributed by atoms with Gasteiger partial charge in [-0.1, -0.05) is 23.3 Å². The molecule has 1 aliphatic carbocycles. The van der Waals surface area contributed by atoms with Gasteiger partial charge in [-0.2, -0.15) is 9.97 Å². The Morgan fingerprint density at radius 1 is 1.23 bits per heavy atom. The van der Waals surface area contributed by atoms with Crippen LogP contribution in [-0.4, -0.2) is 93.7 Å². The molecular formula is C35H38ClFN6O4. The predicted octanol–water partition coefficient (Wildman–Crippen LogP) is 5.76. The molecule has 4 aromatic rings. The van der Waals surface area contributed by atoms with Crippen molar-refractivity contribution in [3.05, 3.63) is 46.4 Å². The molecule has 9 rings (SSSR count). The maximum Gasteiger partial charge on any atom is 0.319 e. The van der Waals surface area contributed by atoms with Crippen LogP contribution in [0, 0.1) is 5.82 Å². The zero-order valence-electron chi connectivity index (χ0n) is 26.4. The fourth-order valence-electron chi connectivity index (χ4n) is 8.31. The van der Waals surface area contributed by atoms with E-state index in [-0.39, 0.29) is 34.7 Å². The number of benzene rings is 1. The summed E-state index contributed by atoms with van der Waals surface area (Å²) in [4.78, 5) is 22.5. The van der Waals surface area contributed by atoms with Gasteiger partial charge in [0.1, 0.15) is 35.6 Å². The number of aromatic nitrogens is 4. The van der Waals surface area contributed by atoms with E-state index in [0.29, 0.717) is 60.6 Å². The van der Waals surface area contributed by atoms with E-state index in [0.717, 1.165) is 68.1 Å². The summed E-state index contributed by atoms with van der Waals surface area (Å²) in [7, 11) is 0. The summed E-state index contributed by atoms with van der Waals surface area (Å²) >= 11 is 6.88. The van der Waals surface area contributed by atoms with Crippen LogP contribution >= 0.6 is 11.6 Å². The Hall–Kier alpha value is -3.51. The quantitative estimate of drug-likeness (QED) is 0.250. The molecule has 47 heavy (non-hydrogen) atoms. The highest BCUT2D eigenvalue weighted by Crippen LogP contribution is 2.51. The molecular weight excluding hydrogens is 623 g/mol. The van der Waals surface area contributed by atoms with E-state index in [1.165, 1.54) is 5.57 Å². The van der Waals surface area contributed by atoms with E-state index in [1.54, 1.807) is 6.92 Å². The fourth-order valence-corrected chi connectivity index (χ4v) is 8.67. The minimum atomic E-state index is -0.541. The number of nitrogens with zero attached hydrogens (tertiary/aromatic N) is 5. The van der Waals surface area contributed by atoms with Gasteiger partial charge in [0.05, 0.1) is 24.3 Å². The average molecular weight is 661 g/mol. The first-order valence-electron chi connectivity index (χ1n) is 16.8. The van der Waals surface area contributed by atoms with Gasteiger partial charge in [-0.25, -0.2) is 9.37 Å². The number of anilines is 1. The lowest BCUT2D eigenvalue weighted by molar-refractivity contribution is 0.108. The van der Waals surface area contributed by atoms with Gasteiger partial charge >= 0.3 is 6.01 Å². The van der Waals surface area contributed by atoms with Gasteiger partial charge < -0.3 is 29.2 Å². The summed E-state index contributed by atoms with van der Waals surface area (Å²) in [6.45, 7) is 6.04. The maximum atomic E-state index is 17.2. The standard InChI is InChI=1S/C35H38ClFN6O4/c1-19(44)12-20-14-35(7-2-9-42(35)15-20)18-47-34-40-31-28-32(41-34)43-10-3-11-45-16-22(43)17-46-33(28)39-30(29(31)37)27-23-6-8-38-25(23)13-24(36)26(27)21-4-5-21/h6,8,12-13,19,21-22,38,44H,2-5,7,9-11,14-18H2,1H3/b20-12+/t19?,22-,35-/m0/s1. The maximum absolute atomic E-state index is 17.2.